The van der Waals surface area contributed by atoms with E-state index in [1.807, 2.05) is 0 Å². The van der Waals surface area contributed by atoms with Gasteiger partial charge in [-0.1, -0.05) is 18.2 Å². The molecule has 0 aliphatic heterocycles. The molecule has 0 saturated heterocycles. The predicted molar refractivity (Wildman–Crippen MR) is 119 cm³/mol. The summed E-state index contributed by atoms with van der Waals surface area (Å²) in [5.74, 6) is -1.71. The summed E-state index contributed by atoms with van der Waals surface area (Å²) in [6.07, 6.45) is 0.211. The van der Waals surface area contributed by atoms with E-state index in [4.69, 9.17) is 32.2 Å². The van der Waals surface area contributed by atoms with Crippen molar-refractivity contribution in [2.45, 2.75) is 23.5 Å². The average molecular weight is 487 g/mol. The van der Waals surface area contributed by atoms with E-state index in [1.165, 1.54) is 43.4 Å². The number of halogens is 2. The van der Waals surface area contributed by atoms with E-state index in [-0.39, 0.29) is 12.1 Å². The van der Waals surface area contributed by atoms with Crippen molar-refractivity contribution in [3.8, 4) is 0 Å². The Bertz CT molecular complexity index is 1030. The first kappa shape index (κ1) is 23.7. The van der Waals surface area contributed by atoms with Gasteiger partial charge in [0.1, 0.15) is 4.33 Å². The zero-order chi connectivity index (χ0) is 23.0. The topological polar surface area (TPSA) is 99.0 Å². The van der Waals surface area contributed by atoms with Crippen molar-refractivity contribution < 1.29 is 23.3 Å². The van der Waals surface area contributed by atoms with Crippen LogP contribution in [0.5, 0.6) is 0 Å². The lowest BCUT2D eigenvalue weighted by atomic mass is 10.1. The highest BCUT2D eigenvalue weighted by atomic mass is 35.5. The van der Waals surface area contributed by atoms with Crippen LogP contribution in [0.1, 0.15) is 24.7 Å². The van der Waals surface area contributed by atoms with Crippen molar-refractivity contribution in [1.29, 1.82) is 0 Å². The Balaban J connectivity index is 2.22. The van der Waals surface area contributed by atoms with Crippen LogP contribution in [0.2, 0.25) is 0 Å². The molecule has 1 aliphatic carbocycles. The molecule has 166 valence electrons. The van der Waals surface area contributed by atoms with Gasteiger partial charge in [-0.15, -0.1) is 23.2 Å². The van der Waals surface area contributed by atoms with Gasteiger partial charge in [-0.25, -0.2) is 0 Å². The van der Waals surface area contributed by atoms with E-state index >= 15 is 0 Å². The number of carbonyl (C=O) groups excluding carboxylic acids is 1. The highest BCUT2D eigenvalue weighted by molar-refractivity contribution is 7.54. The first-order valence-corrected chi connectivity index (χ1v) is 11.6. The molecule has 0 bridgehead atoms. The van der Waals surface area contributed by atoms with Gasteiger partial charge in [0.2, 0.25) is 5.91 Å². The number of benzene rings is 2. The Labute approximate surface area is 189 Å². The van der Waals surface area contributed by atoms with Crippen molar-refractivity contribution in [3.63, 3.8) is 0 Å². The normalized spacial score (nSPS) is 20.7. The molecule has 1 saturated carbocycles. The maximum atomic E-state index is 13.7. The molecule has 11 heteroatoms. The summed E-state index contributed by atoms with van der Waals surface area (Å²) in [5.41, 5.74) is -0.534. The number of nitrogens with zero attached hydrogens (tertiary/aromatic N) is 2. The maximum absolute atomic E-state index is 13.7. The average Bonchev–Trinajstić information content (AvgIpc) is 3.30. The lowest BCUT2D eigenvalue weighted by molar-refractivity contribution is -0.384. The number of alkyl halides is 2. The Morgan fingerprint density at radius 3 is 2.06 bits per heavy atom. The molecule has 1 aliphatic rings. The van der Waals surface area contributed by atoms with Gasteiger partial charge in [-0.2, -0.15) is 0 Å². The summed E-state index contributed by atoms with van der Waals surface area (Å²) in [5, 5.41) is 11.1. The third-order valence-electron chi connectivity index (χ3n) is 5.44. The Morgan fingerprint density at radius 2 is 1.65 bits per heavy atom. The number of nitro groups is 1. The summed E-state index contributed by atoms with van der Waals surface area (Å²) in [4.78, 5) is 25.5. The van der Waals surface area contributed by atoms with Crippen molar-refractivity contribution in [1.82, 2.24) is 0 Å². The zero-order valence-electron chi connectivity index (χ0n) is 17.0. The summed E-state index contributed by atoms with van der Waals surface area (Å²) >= 11 is 12.5. The molecule has 2 aromatic carbocycles. The largest absolute Gasteiger partial charge is 0.357 e. The van der Waals surface area contributed by atoms with Crippen molar-refractivity contribution in [2.24, 2.45) is 5.41 Å². The fraction of sp³-hybridized carbons (Fsp3) is 0.350. The fourth-order valence-electron chi connectivity index (χ4n) is 3.37. The van der Waals surface area contributed by atoms with Crippen LogP contribution in [0.25, 0.3) is 0 Å². The summed E-state index contributed by atoms with van der Waals surface area (Å²) < 4.78 is 22.9. The van der Waals surface area contributed by atoms with Crippen LogP contribution in [0.15, 0.2) is 54.6 Å². The fourth-order valence-corrected chi connectivity index (χ4v) is 5.67. The minimum absolute atomic E-state index is 0.153. The van der Waals surface area contributed by atoms with Gasteiger partial charge < -0.3 is 9.05 Å². The van der Waals surface area contributed by atoms with E-state index in [9.17, 15) is 19.5 Å². The molecule has 0 heterocycles. The van der Waals surface area contributed by atoms with Gasteiger partial charge in [0.15, 0.2) is 5.78 Å². The standard InChI is InChI=1S/C20H21Cl2N2O6P/c1-19(13-20(19,21)22)18(25)23(15-7-5-4-6-8-15)17(31(28,29-2)30-3)14-9-11-16(12-10-14)24(26)27/h4-12,17H,13H2,1-3H3. The molecule has 0 N–H and O–H groups in total. The van der Waals surface area contributed by atoms with Crippen LogP contribution >= 0.6 is 30.8 Å². The summed E-state index contributed by atoms with van der Waals surface area (Å²) in [7, 11) is -1.54. The highest BCUT2D eigenvalue weighted by Gasteiger charge is 2.70. The minimum Gasteiger partial charge on any atom is -0.310 e. The molecule has 1 fully saturated rings. The number of rotatable bonds is 8. The second-order valence-corrected chi connectivity index (χ2v) is 11.1. The highest BCUT2D eigenvalue weighted by Crippen LogP contribution is 2.68. The van der Waals surface area contributed by atoms with Crippen LogP contribution in [-0.4, -0.2) is 29.4 Å². The molecule has 2 aromatic rings. The van der Waals surface area contributed by atoms with Gasteiger partial charge in [-0.3, -0.25) is 24.4 Å². The summed E-state index contributed by atoms with van der Waals surface area (Å²) in [6.45, 7) is 1.63. The second-order valence-electron chi connectivity index (χ2n) is 7.35. The summed E-state index contributed by atoms with van der Waals surface area (Å²) in [6, 6.07) is 13.9. The van der Waals surface area contributed by atoms with E-state index in [1.54, 1.807) is 37.3 Å². The zero-order valence-corrected chi connectivity index (χ0v) is 19.4. The van der Waals surface area contributed by atoms with Gasteiger partial charge in [0.05, 0.1) is 10.3 Å². The number of nitro benzene ring substituents is 1. The number of hydrogen-bond acceptors (Lipinski definition) is 6. The molecule has 0 radical (unpaired) electrons. The maximum Gasteiger partial charge on any atom is 0.357 e. The molecule has 31 heavy (non-hydrogen) atoms. The van der Waals surface area contributed by atoms with Crippen molar-refractivity contribution >= 4 is 48.1 Å². The van der Waals surface area contributed by atoms with Crippen molar-refractivity contribution in [2.75, 3.05) is 19.1 Å². The number of anilines is 1. The van der Waals surface area contributed by atoms with Gasteiger partial charge in [0, 0.05) is 32.0 Å². The minimum atomic E-state index is -3.96. The quantitative estimate of drug-likeness (QED) is 0.205. The lowest BCUT2D eigenvalue weighted by Crippen LogP contribution is -2.41. The van der Waals surface area contributed by atoms with Crippen molar-refractivity contribution in [3.05, 3.63) is 70.3 Å². The molecule has 2 atom stereocenters. The molecule has 3 rings (SSSR count). The SMILES string of the molecule is COP(=O)(OC)C(c1ccc([N+](=O)[O-])cc1)N(C(=O)C1(C)CC1(Cl)Cl)c1ccccc1. The molecule has 0 spiro atoms. The van der Waals surface area contributed by atoms with Crippen LogP contribution in [0, 0.1) is 15.5 Å². The Morgan fingerprint density at radius 1 is 1.13 bits per heavy atom. The number of hydrogen-bond donors (Lipinski definition) is 0. The molecule has 8 nitrogen and oxygen atoms in total. The number of non-ortho nitro benzene ring substituents is 1. The van der Waals surface area contributed by atoms with Gasteiger partial charge >= 0.3 is 7.60 Å². The van der Waals surface area contributed by atoms with Crippen LogP contribution < -0.4 is 4.90 Å². The monoisotopic (exact) mass is 486 g/mol. The van der Waals surface area contributed by atoms with E-state index in [2.05, 4.69) is 0 Å². The lowest BCUT2D eigenvalue weighted by Gasteiger charge is -2.37. The van der Waals surface area contributed by atoms with Crippen LogP contribution in [0.4, 0.5) is 11.4 Å². The first-order chi connectivity index (χ1) is 14.5. The van der Waals surface area contributed by atoms with E-state index in [0.29, 0.717) is 11.3 Å². The molecule has 0 aromatic heterocycles. The van der Waals surface area contributed by atoms with E-state index in [0.717, 1.165) is 0 Å². The smallest absolute Gasteiger partial charge is 0.310 e. The Kier molecular flexibility index (Phi) is 6.52. The molecule has 1 amide bonds. The third-order valence-corrected chi connectivity index (χ3v) is 8.69. The predicted octanol–water partition coefficient (Wildman–Crippen LogP) is 5.70. The Hall–Kier alpha value is -1.96. The number of para-hydroxylation sites is 1. The third kappa shape index (κ3) is 4.23. The van der Waals surface area contributed by atoms with Crippen LogP contribution in [0.3, 0.4) is 0 Å². The van der Waals surface area contributed by atoms with Gasteiger partial charge in [0.25, 0.3) is 5.69 Å². The van der Waals surface area contributed by atoms with E-state index < -0.39 is 34.0 Å². The molecular formula is C20H21Cl2N2O6P. The number of amides is 1. The molecule has 2 unspecified atom stereocenters. The first-order valence-electron chi connectivity index (χ1n) is 9.23. The van der Waals surface area contributed by atoms with Crippen LogP contribution in [-0.2, 0) is 18.4 Å². The second kappa shape index (κ2) is 8.52. The number of carbonyl (C=O) groups is 1. The molecular weight excluding hydrogens is 466 g/mol. The van der Waals surface area contributed by atoms with Gasteiger partial charge in [-0.05, 0) is 43.2 Å².